The molecular formula is C16H11Cl2N3S. The molecule has 0 atom stereocenters. The third-order valence-electron chi connectivity index (χ3n) is 3.14. The van der Waals surface area contributed by atoms with Crippen molar-refractivity contribution >= 4 is 35.0 Å². The van der Waals surface area contributed by atoms with Crippen molar-refractivity contribution in [2.24, 2.45) is 0 Å². The second-order valence-electron chi connectivity index (χ2n) is 4.53. The lowest BCUT2D eigenvalue weighted by atomic mass is 10.0. The predicted octanol–water partition coefficient (Wildman–Crippen LogP) is 5.23. The van der Waals surface area contributed by atoms with Crippen LogP contribution in [0.25, 0.3) is 22.4 Å². The molecule has 3 aromatic rings. The molecule has 3 rings (SSSR count). The van der Waals surface area contributed by atoms with Gasteiger partial charge < -0.3 is 0 Å². The molecule has 0 aliphatic rings. The van der Waals surface area contributed by atoms with Crippen molar-refractivity contribution < 1.29 is 0 Å². The summed E-state index contributed by atoms with van der Waals surface area (Å²) in [4.78, 5) is 4.44. The number of thioether (sulfide) groups is 1. The number of nitrogens with zero attached hydrogens (tertiary/aromatic N) is 3. The number of benzene rings is 2. The SMILES string of the molecule is CSc1nncc(-c2ccc(-c3ccc(Cl)cc3Cl)cc2)n1. The fraction of sp³-hybridized carbons (Fsp3) is 0.0625. The summed E-state index contributed by atoms with van der Waals surface area (Å²) in [6.07, 6.45) is 3.58. The zero-order chi connectivity index (χ0) is 15.5. The van der Waals surface area contributed by atoms with Gasteiger partial charge in [-0.1, -0.05) is 65.3 Å². The number of hydrogen-bond donors (Lipinski definition) is 0. The van der Waals surface area contributed by atoms with Crippen LogP contribution in [0.2, 0.25) is 10.0 Å². The summed E-state index contributed by atoms with van der Waals surface area (Å²) in [7, 11) is 0. The normalized spacial score (nSPS) is 10.7. The van der Waals surface area contributed by atoms with Crippen LogP contribution < -0.4 is 0 Å². The molecule has 0 radical (unpaired) electrons. The van der Waals surface area contributed by atoms with Crippen LogP contribution >= 0.6 is 35.0 Å². The van der Waals surface area contributed by atoms with Crippen LogP contribution in [-0.2, 0) is 0 Å². The zero-order valence-corrected chi connectivity index (χ0v) is 14.0. The monoisotopic (exact) mass is 347 g/mol. The van der Waals surface area contributed by atoms with Gasteiger partial charge in [-0.3, -0.25) is 0 Å². The van der Waals surface area contributed by atoms with Gasteiger partial charge in [0.05, 0.1) is 11.9 Å². The van der Waals surface area contributed by atoms with Gasteiger partial charge >= 0.3 is 0 Å². The van der Waals surface area contributed by atoms with E-state index < -0.39 is 0 Å². The first kappa shape index (κ1) is 15.3. The van der Waals surface area contributed by atoms with Crippen LogP contribution in [-0.4, -0.2) is 21.4 Å². The Morgan fingerprint density at radius 3 is 2.36 bits per heavy atom. The topological polar surface area (TPSA) is 38.7 Å². The van der Waals surface area contributed by atoms with Crippen molar-refractivity contribution in [3.8, 4) is 22.4 Å². The van der Waals surface area contributed by atoms with Crippen LogP contribution in [0, 0.1) is 0 Å². The predicted molar refractivity (Wildman–Crippen MR) is 92.5 cm³/mol. The maximum Gasteiger partial charge on any atom is 0.209 e. The molecule has 0 aliphatic carbocycles. The number of aromatic nitrogens is 3. The van der Waals surface area contributed by atoms with E-state index in [4.69, 9.17) is 23.2 Å². The lowest BCUT2D eigenvalue weighted by Crippen LogP contribution is -1.92. The average molecular weight is 348 g/mol. The Bertz CT molecular complexity index is 807. The van der Waals surface area contributed by atoms with E-state index in [9.17, 15) is 0 Å². The molecule has 1 aromatic heterocycles. The lowest BCUT2D eigenvalue weighted by Gasteiger charge is -2.07. The molecule has 0 N–H and O–H groups in total. The Morgan fingerprint density at radius 2 is 1.68 bits per heavy atom. The minimum atomic E-state index is 0.627. The van der Waals surface area contributed by atoms with Gasteiger partial charge in [0.2, 0.25) is 5.16 Å². The fourth-order valence-corrected chi connectivity index (χ4v) is 2.89. The van der Waals surface area contributed by atoms with Gasteiger partial charge in [0, 0.05) is 21.2 Å². The molecule has 0 bridgehead atoms. The first-order valence-corrected chi connectivity index (χ1v) is 8.45. The summed E-state index contributed by atoms with van der Waals surface area (Å²) < 4.78 is 0. The standard InChI is InChI=1S/C16H11Cl2N3S/c1-22-16-20-15(9-19-21-16)11-4-2-10(3-5-11)13-7-6-12(17)8-14(13)18/h2-9H,1H3. The largest absolute Gasteiger partial charge is 0.219 e. The fourth-order valence-electron chi connectivity index (χ4n) is 2.06. The number of rotatable bonds is 3. The Balaban J connectivity index is 1.95. The van der Waals surface area contributed by atoms with E-state index in [1.54, 1.807) is 12.3 Å². The second kappa shape index (κ2) is 6.65. The van der Waals surface area contributed by atoms with Crippen molar-refractivity contribution in [3.63, 3.8) is 0 Å². The van der Waals surface area contributed by atoms with Gasteiger partial charge in [-0.2, -0.15) is 5.10 Å². The van der Waals surface area contributed by atoms with Crippen LogP contribution in [0.1, 0.15) is 0 Å². The zero-order valence-electron chi connectivity index (χ0n) is 11.6. The quantitative estimate of drug-likeness (QED) is 0.607. The van der Waals surface area contributed by atoms with E-state index >= 15 is 0 Å². The van der Waals surface area contributed by atoms with Crippen LogP contribution in [0.5, 0.6) is 0 Å². The van der Waals surface area contributed by atoms with E-state index in [-0.39, 0.29) is 0 Å². The van der Waals surface area contributed by atoms with Crippen LogP contribution in [0.15, 0.2) is 53.8 Å². The molecule has 0 fully saturated rings. The molecule has 110 valence electrons. The molecule has 2 aromatic carbocycles. The number of hydrogen-bond acceptors (Lipinski definition) is 4. The molecule has 1 heterocycles. The van der Waals surface area contributed by atoms with Gasteiger partial charge in [-0.15, -0.1) is 5.10 Å². The van der Waals surface area contributed by atoms with E-state index in [1.807, 2.05) is 42.7 Å². The first-order valence-electron chi connectivity index (χ1n) is 6.47. The van der Waals surface area contributed by atoms with Gasteiger partial charge in [-0.05, 0) is 24.0 Å². The van der Waals surface area contributed by atoms with Gasteiger partial charge in [0.1, 0.15) is 0 Å². The van der Waals surface area contributed by atoms with Crippen molar-refractivity contribution in [2.45, 2.75) is 5.16 Å². The molecule has 6 heteroatoms. The Labute approximate surface area is 142 Å². The highest BCUT2D eigenvalue weighted by atomic mass is 35.5. The molecule has 0 unspecified atom stereocenters. The van der Waals surface area contributed by atoms with Gasteiger partial charge in [0.15, 0.2) is 0 Å². The summed E-state index contributed by atoms with van der Waals surface area (Å²) in [5.41, 5.74) is 3.76. The van der Waals surface area contributed by atoms with Gasteiger partial charge in [-0.25, -0.2) is 4.98 Å². The maximum absolute atomic E-state index is 6.24. The summed E-state index contributed by atoms with van der Waals surface area (Å²) in [5, 5.41) is 9.82. The van der Waals surface area contributed by atoms with E-state index in [0.29, 0.717) is 15.2 Å². The Morgan fingerprint density at radius 1 is 0.955 bits per heavy atom. The summed E-state index contributed by atoms with van der Waals surface area (Å²) in [6, 6.07) is 13.5. The number of halogens is 2. The third kappa shape index (κ3) is 3.24. The highest BCUT2D eigenvalue weighted by molar-refractivity contribution is 7.98. The Hall–Kier alpha value is -1.62. The highest BCUT2D eigenvalue weighted by Crippen LogP contribution is 2.31. The molecule has 22 heavy (non-hydrogen) atoms. The summed E-state index contributed by atoms with van der Waals surface area (Å²) in [5.74, 6) is 0. The molecule has 0 amide bonds. The van der Waals surface area contributed by atoms with Crippen LogP contribution in [0.4, 0.5) is 0 Å². The minimum Gasteiger partial charge on any atom is -0.219 e. The lowest BCUT2D eigenvalue weighted by molar-refractivity contribution is 0.846. The van der Waals surface area contributed by atoms with Crippen molar-refractivity contribution in [3.05, 3.63) is 58.7 Å². The van der Waals surface area contributed by atoms with Crippen molar-refractivity contribution in [2.75, 3.05) is 6.26 Å². The summed E-state index contributed by atoms with van der Waals surface area (Å²) in [6.45, 7) is 0. The molecular weight excluding hydrogens is 337 g/mol. The van der Waals surface area contributed by atoms with Crippen LogP contribution in [0.3, 0.4) is 0 Å². The molecule has 0 aliphatic heterocycles. The van der Waals surface area contributed by atoms with Crippen molar-refractivity contribution in [1.82, 2.24) is 15.2 Å². The van der Waals surface area contributed by atoms with E-state index in [0.717, 1.165) is 22.4 Å². The van der Waals surface area contributed by atoms with Crippen molar-refractivity contribution in [1.29, 1.82) is 0 Å². The molecule has 0 saturated carbocycles. The smallest absolute Gasteiger partial charge is 0.209 e. The second-order valence-corrected chi connectivity index (χ2v) is 6.15. The highest BCUT2D eigenvalue weighted by Gasteiger charge is 2.06. The molecule has 3 nitrogen and oxygen atoms in total. The van der Waals surface area contributed by atoms with Gasteiger partial charge in [0.25, 0.3) is 0 Å². The first-order chi connectivity index (χ1) is 10.7. The van der Waals surface area contributed by atoms with E-state index in [2.05, 4.69) is 15.2 Å². The molecule has 0 saturated heterocycles. The average Bonchev–Trinajstić information content (AvgIpc) is 2.55. The summed E-state index contributed by atoms with van der Waals surface area (Å²) >= 11 is 13.6. The van der Waals surface area contributed by atoms with E-state index in [1.165, 1.54) is 11.8 Å². The maximum atomic E-state index is 6.24. The third-order valence-corrected chi connectivity index (χ3v) is 4.23. The molecule has 0 spiro atoms. The minimum absolute atomic E-state index is 0.627. The Kier molecular flexibility index (Phi) is 4.62.